The van der Waals surface area contributed by atoms with Gasteiger partial charge >= 0.3 is 12.1 Å². The minimum atomic E-state index is -1.07. The number of rotatable bonds is 12. The van der Waals surface area contributed by atoms with Gasteiger partial charge in [0.25, 0.3) is 0 Å². The summed E-state index contributed by atoms with van der Waals surface area (Å²) in [5, 5.41) is 20.6. The van der Waals surface area contributed by atoms with Crippen LogP contribution in [-0.2, 0) is 22.6 Å². The summed E-state index contributed by atoms with van der Waals surface area (Å²) >= 11 is 0. The molecule has 1 aliphatic rings. The standard InChI is InChI=1S/C28H35N5O4/c1-4-33(2,3)18-20-17-32(31-30-20)16-10-9-15-26(27(34)35)29-28(36)37-19-25-23-13-7-5-11-21(23)22-12-6-8-14-24(22)25/h5-8,11-14,17,25-26H,4,9-10,15-16,18-19H2,1-3H3,(H-,29,34,35,36)/p+1/t26-/m0/s1. The van der Waals surface area contributed by atoms with Gasteiger partial charge in [0.05, 0.1) is 26.8 Å². The predicted molar refractivity (Wildman–Crippen MR) is 140 cm³/mol. The van der Waals surface area contributed by atoms with E-state index in [0.717, 1.165) is 51.9 Å². The van der Waals surface area contributed by atoms with E-state index in [4.69, 9.17) is 4.74 Å². The summed E-state index contributed by atoms with van der Waals surface area (Å²) in [6.07, 6.45) is 2.88. The fourth-order valence-electron chi connectivity index (χ4n) is 4.73. The lowest BCUT2D eigenvalue weighted by Crippen LogP contribution is -2.41. The maximum atomic E-state index is 12.5. The molecule has 0 radical (unpaired) electrons. The third-order valence-electron chi connectivity index (χ3n) is 7.10. The SMILES string of the molecule is CC[N+](C)(C)Cc1cn(CCCC[C@H](NC(=O)OCC2c3ccccc3-c3ccccc32)C(=O)O)nn1. The molecule has 196 valence electrons. The topological polar surface area (TPSA) is 106 Å². The first-order chi connectivity index (χ1) is 17.8. The van der Waals surface area contributed by atoms with Gasteiger partial charge in [-0.15, -0.1) is 5.10 Å². The molecule has 0 saturated heterocycles. The number of hydrogen-bond acceptors (Lipinski definition) is 5. The minimum Gasteiger partial charge on any atom is -0.480 e. The molecule has 0 unspecified atom stereocenters. The number of alkyl carbamates (subject to hydrolysis) is 1. The summed E-state index contributed by atoms with van der Waals surface area (Å²) in [6.45, 7) is 4.74. The molecule has 3 aromatic rings. The molecule has 1 amide bonds. The summed E-state index contributed by atoms with van der Waals surface area (Å²) in [5.41, 5.74) is 5.44. The lowest BCUT2D eigenvalue weighted by molar-refractivity contribution is -0.902. The normalized spacial score (nSPS) is 13.6. The first-order valence-electron chi connectivity index (χ1n) is 12.8. The van der Waals surface area contributed by atoms with Crippen molar-refractivity contribution in [3.8, 4) is 11.1 Å². The van der Waals surface area contributed by atoms with Crippen molar-refractivity contribution < 1.29 is 23.9 Å². The Morgan fingerprint density at radius 2 is 1.73 bits per heavy atom. The zero-order valence-electron chi connectivity index (χ0n) is 21.8. The van der Waals surface area contributed by atoms with Crippen molar-refractivity contribution in [2.75, 3.05) is 27.2 Å². The summed E-state index contributed by atoms with van der Waals surface area (Å²) in [6, 6.07) is 15.2. The summed E-state index contributed by atoms with van der Waals surface area (Å²) in [7, 11) is 4.29. The van der Waals surface area contributed by atoms with E-state index in [1.54, 1.807) is 4.68 Å². The van der Waals surface area contributed by atoms with Crippen LogP contribution in [0.25, 0.3) is 11.1 Å². The molecule has 1 atom stereocenters. The molecule has 4 rings (SSSR count). The van der Waals surface area contributed by atoms with Gasteiger partial charge in [-0.2, -0.15) is 0 Å². The van der Waals surface area contributed by atoms with Gasteiger partial charge in [-0.05, 0) is 48.4 Å². The highest BCUT2D eigenvalue weighted by molar-refractivity contribution is 5.81. The number of fused-ring (bicyclic) bond motifs is 3. The van der Waals surface area contributed by atoms with Crippen LogP contribution in [0.4, 0.5) is 4.79 Å². The zero-order valence-corrected chi connectivity index (χ0v) is 21.8. The fraction of sp³-hybridized carbons (Fsp3) is 0.429. The molecule has 1 heterocycles. The maximum absolute atomic E-state index is 12.5. The Labute approximate surface area is 217 Å². The van der Waals surface area contributed by atoms with Crippen molar-refractivity contribution in [3.63, 3.8) is 0 Å². The molecular weight excluding hydrogens is 470 g/mol. The van der Waals surface area contributed by atoms with Crippen LogP contribution < -0.4 is 5.32 Å². The Balaban J connectivity index is 1.24. The molecule has 1 aromatic heterocycles. The number of hydrogen-bond donors (Lipinski definition) is 2. The van der Waals surface area contributed by atoms with Crippen LogP contribution in [0.3, 0.4) is 0 Å². The third-order valence-corrected chi connectivity index (χ3v) is 7.10. The molecule has 2 aromatic carbocycles. The average Bonchev–Trinajstić information content (AvgIpc) is 3.46. The average molecular weight is 507 g/mol. The lowest BCUT2D eigenvalue weighted by Gasteiger charge is -2.26. The van der Waals surface area contributed by atoms with Crippen molar-refractivity contribution in [2.24, 2.45) is 0 Å². The van der Waals surface area contributed by atoms with Crippen LogP contribution in [-0.4, -0.2) is 69.9 Å². The van der Waals surface area contributed by atoms with E-state index >= 15 is 0 Å². The quantitative estimate of drug-likeness (QED) is 0.284. The van der Waals surface area contributed by atoms with Gasteiger partial charge in [0.2, 0.25) is 0 Å². The number of aryl methyl sites for hydroxylation is 1. The van der Waals surface area contributed by atoms with Gasteiger partial charge in [0.1, 0.15) is 24.9 Å². The highest BCUT2D eigenvalue weighted by Gasteiger charge is 2.29. The molecule has 0 fully saturated rings. The van der Waals surface area contributed by atoms with Gasteiger partial charge in [0, 0.05) is 12.5 Å². The molecule has 2 N–H and O–H groups in total. The Bertz CT molecular complexity index is 1190. The fourth-order valence-corrected chi connectivity index (χ4v) is 4.73. The van der Waals surface area contributed by atoms with E-state index in [1.807, 2.05) is 42.6 Å². The largest absolute Gasteiger partial charge is 0.480 e. The van der Waals surface area contributed by atoms with E-state index in [2.05, 4.69) is 48.8 Å². The molecule has 9 heteroatoms. The summed E-state index contributed by atoms with van der Waals surface area (Å²) in [5.74, 6) is -1.15. The number of nitrogens with zero attached hydrogens (tertiary/aromatic N) is 4. The number of carbonyl (C=O) groups excluding carboxylic acids is 1. The van der Waals surface area contributed by atoms with Crippen molar-refractivity contribution >= 4 is 12.1 Å². The minimum absolute atomic E-state index is 0.0734. The molecule has 0 saturated carbocycles. The van der Waals surface area contributed by atoms with Gasteiger partial charge in [0.15, 0.2) is 0 Å². The first kappa shape index (κ1) is 26.3. The third kappa shape index (κ3) is 6.54. The second-order valence-electron chi connectivity index (χ2n) is 10.2. The zero-order chi connectivity index (χ0) is 26.4. The first-order valence-corrected chi connectivity index (χ1v) is 12.8. The maximum Gasteiger partial charge on any atom is 0.407 e. The van der Waals surface area contributed by atoms with E-state index in [0.29, 0.717) is 19.4 Å². The monoisotopic (exact) mass is 506 g/mol. The number of quaternary nitrogens is 1. The number of aromatic nitrogens is 3. The Hall–Kier alpha value is -3.72. The molecule has 0 bridgehead atoms. The second kappa shape index (κ2) is 11.6. The van der Waals surface area contributed by atoms with Gasteiger partial charge in [-0.25, -0.2) is 9.59 Å². The molecular formula is C28H36N5O4+. The molecule has 0 aliphatic heterocycles. The highest BCUT2D eigenvalue weighted by atomic mass is 16.5. The van der Waals surface area contributed by atoms with Crippen molar-refractivity contribution in [3.05, 3.63) is 71.5 Å². The van der Waals surface area contributed by atoms with Crippen LogP contribution in [0.5, 0.6) is 0 Å². The molecule has 1 aliphatic carbocycles. The van der Waals surface area contributed by atoms with E-state index in [9.17, 15) is 14.7 Å². The predicted octanol–water partition coefficient (Wildman–Crippen LogP) is 4.04. The summed E-state index contributed by atoms with van der Waals surface area (Å²) in [4.78, 5) is 24.3. The molecule has 9 nitrogen and oxygen atoms in total. The second-order valence-corrected chi connectivity index (χ2v) is 10.2. The Kier molecular flexibility index (Phi) is 8.23. The number of unbranched alkanes of at least 4 members (excludes halogenated alkanes) is 1. The van der Waals surface area contributed by atoms with E-state index < -0.39 is 18.1 Å². The van der Waals surface area contributed by atoms with Crippen LogP contribution >= 0.6 is 0 Å². The van der Waals surface area contributed by atoms with Gasteiger partial charge in [-0.1, -0.05) is 53.7 Å². The number of nitrogens with one attached hydrogen (secondary N) is 1. The van der Waals surface area contributed by atoms with Crippen molar-refractivity contribution in [1.82, 2.24) is 20.3 Å². The number of carboxylic acid groups (broad SMARTS) is 1. The molecule has 0 spiro atoms. The highest BCUT2D eigenvalue weighted by Crippen LogP contribution is 2.44. The number of aliphatic carboxylic acids is 1. The van der Waals surface area contributed by atoms with Crippen LogP contribution in [0.2, 0.25) is 0 Å². The van der Waals surface area contributed by atoms with Gasteiger partial charge in [-0.3, -0.25) is 4.68 Å². The summed E-state index contributed by atoms with van der Waals surface area (Å²) < 4.78 is 8.14. The van der Waals surface area contributed by atoms with Crippen molar-refractivity contribution in [1.29, 1.82) is 0 Å². The number of amides is 1. The van der Waals surface area contributed by atoms with Crippen LogP contribution in [0.1, 0.15) is 48.9 Å². The van der Waals surface area contributed by atoms with E-state index in [-0.39, 0.29) is 12.5 Å². The number of benzene rings is 2. The van der Waals surface area contributed by atoms with Crippen molar-refractivity contribution in [2.45, 2.75) is 51.2 Å². The Morgan fingerprint density at radius 1 is 1.08 bits per heavy atom. The van der Waals surface area contributed by atoms with E-state index in [1.165, 1.54) is 0 Å². The van der Waals surface area contributed by atoms with Gasteiger partial charge < -0.3 is 19.6 Å². The van der Waals surface area contributed by atoms with Crippen LogP contribution in [0, 0.1) is 0 Å². The number of carbonyl (C=O) groups is 2. The Morgan fingerprint density at radius 3 is 2.35 bits per heavy atom. The lowest BCUT2D eigenvalue weighted by atomic mass is 9.98. The number of ether oxygens (including phenoxy) is 1. The molecule has 37 heavy (non-hydrogen) atoms. The van der Waals surface area contributed by atoms with Crippen LogP contribution in [0.15, 0.2) is 54.7 Å². The smallest absolute Gasteiger partial charge is 0.407 e. The number of carboxylic acids is 1.